The minimum Gasteiger partial charge on any atom is -0.496 e. The van der Waals surface area contributed by atoms with Crippen LogP contribution in [0.15, 0.2) is 54.7 Å². The normalized spacial score (nSPS) is 11.9. The molecule has 0 aliphatic heterocycles. The van der Waals surface area contributed by atoms with Crippen molar-refractivity contribution in [3.05, 3.63) is 82.9 Å². The number of amides is 1. The quantitative estimate of drug-likeness (QED) is 0.443. The highest BCUT2D eigenvalue weighted by Gasteiger charge is 2.23. The van der Waals surface area contributed by atoms with Crippen LogP contribution in [0, 0.1) is 13.8 Å². The number of hydrogen-bond donors (Lipinski definition) is 2. The molecule has 0 saturated carbocycles. The molecule has 0 bridgehead atoms. The fourth-order valence-corrected chi connectivity index (χ4v) is 4.07. The standard InChI is InChI=1S/C26H29N5O2/c1-16-9-8-11-20(25(16)33-5)26(32)30-22(23-14-24(31(3)4)29-17(2)28-23)13-18-15-27-21-12-7-6-10-19(18)21/h6-12,14-15,22,27H,13H2,1-5H3,(H,30,32). The Kier molecular flexibility index (Phi) is 6.31. The molecule has 2 N–H and O–H groups in total. The number of fused-ring (bicyclic) bond motifs is 1. The van der Waals surface area contributed by atoms with Crippen molar-refractivity contribution in [1.82, 2.24) is 20.3 Å². The van der Waals surface area contributed by atoms with E-state index in [9.17, 15) is 4.79 Å². The molecule has 1 unspecified atom stereocenters. The lowest BCUT2D eigenvalue weighted by molar-refractivity contribution is 0.0932. The summed E-state index contributed by atoms with van der Waals surface area (Å²) >= 11 is 0. The molecule has 0 aliphatic rings. The van der Waals surface area contributed by atoms with Gasteiger partial charge in [-0.25, -0.2) is 9.97 Å². The number of H-pyrrole nitrogens is 1. The number of carbonyl (C=O) groups excluding carboxylic acids is 1. The minimum atomic E-state index is -0.359. The zero-order chi connectivity index (χ0) is 23.5. The molecule has 33 heavy (non-hydrogen) atoms. The highest BCUT2D eigenvalue weighted by atomic mass is 16.5. The van der Waals surface area contributed by atoms with Crippen molar-refractivity contribution in [2.24, 2.45) is 0 Å². The molecule has 4 aromatic rings. The summed E-state index contributed by atoms with van der Waals surface area (Å²) in [4.78, 5) is 27.9. The fourth-order valence-electron chi connectivity index (χ4n) is 4.07. The number of rotatable bonds is 7. The maximum absolute atomic E-state index is 13.4. The van der Waals surface area contributed by atoms with Crippen molar-refractivity contribution in [1.29, 1.82) is 0 Å². The SMILES string of the molecule is COc1c(C)cccc1C(=O)NC(Cc1c[nH]c2ccccc12)c1cc(N(C)C)nc(C)n1. The third kappa shape index (κ3) is 4.67. The molecule has 170 valence electrons. The Bertz CT molecular complexity index is 1300. The van der Waals surface area contributed by atoms with Crippen LogP contribution in [0.3, 0.4) is 0 Å². The van der Waals surface area contributed by atoms with Crippen LogP contribution >= 0.6 is 0 Å². The van der Waals surface area contributed by atoms with Crippen LogP contribution < -0.4 is 15.0 Å². The van der Waals surface area contributed by atoms with Gasteiger partial charge >= 0.3 is 0 Å². The van der Waals surface area contributed by atoms with Crippen molar-refractivity contribution >= 4 is 22.6 Å². The minimum absolute atomic E-state index is 0.206. The summed E-state index contributed by atoms with van der Waals surface area (Å²) < 4.78 is 5.52. The van der Waals surface area contributed by atoms with Gasteiger partial charge in [-0.05, 0) is 37.1 Å². The number of anilines is 1. The molecule has 1 amide bonds. The maximum Gasteiger partial charge on any atom is 0.255 e. The Morgan fingerprint density at radius 1 is 1.12 bits per heavy atom. The Balaban J connectivity index is 1.75. The summed E-state index contributed by atoms with van der Waals surface area (Å²) in [6.07, 6.45) is 2.57. The van der Waals surface area contributed by atoms with E-state index in [0.29, 0.717) is 23.6 Å². The Morgan fingerprint density at radius 3 is 2.67 bits per heavy atom. The predicted molar refractivity (Wildman–Crippen MR) is 131 cm³/mol. The summed E-state index contributed by atoms with van der Waals surface area (Å²) in [7, 11) is 5.46. The molecular weight excluding hydrogens is 414 g/mol. The number of nitrogens with one attached hydrogen (secondary N) is 2. The van der Waals surface area contributed by atoms with Gasteiger partial charge < -0.3 is 19.9 Å². The van der Waals surface area contributed by atoms with Crippen LogP contribution in [0.4, 0.5) is 5.82 Å². The van der Waals surface area contributed by atoms with Crippen LogP contribution in [0.25, 0.3) is 10.9 Å². The van der Waals surface area contributed by atoms with E-state index < -0.39 is 0 Å². The molecule has 0 fully saturated rings. The number of hydrogen-bond acceptors (Lipinski definition) is 5. The van der Waals surface area contributed by atoms with Crippen molar-refractivity contribution in [3.8, 4) is 5.75 Å². The monoisotopic (exact) mass is 443 g/mol. The number of para-hydroxylation sites is 2. The number of carbonyl (C=O) groups is 1. The van der Waals surface area contributed by atoms with Gasteiger partial charge in [0.25, 0.3) is 5.91 Å². The van der Waals surface area contributed by atoms with E-state index in [4.69, 9.17) is 9.72 Å². The maximum atomic E-state index is 13.4. The van der Waals surface area contributed by atoms with Crippen LogP contribution in [0.5, 0.6) is 5.75 Å². The van der Waals surface area contributed by atoms with Crippen LogP contribution in [-0.4, -0.2) is 42.1 Å². The van der Waals surface area contributed by atoms with E-state index in [1.54, 1.807) is 13.2 Å². The van der Waals surface area contributed by atoms with E-state index in [0.717, 1.165) is 33.5 Å². The Morgan fingerprint density at radius 2 is 1.91 bits per heavy atom. The number of aromatic amines is 1. The number of ether oxygens (including phenoxy) is 1. The Labute approximate surface area is 193 Å². The van der Waals surface area contributed by atoms with Gasteiger partial charge in [0.15, 0.2) is 0 Å². The van der Waals surface area contributed by atoms with Gasteiger partial charge in [0.05, 0.1) is 24.4 Å². The first kappa shape index (κ1) is 22.3. The van der Waals surface area contributed by atoms with Crippen LogP contribution in [0.2, 0.25) is 0 Å². The van der Waals surface area contributed by atoms with E-state index in [1.807, 2.05) is 75.4 Å². The lowest BCUT2D eigenvalue weighted by Crippen LogP contribution is -2.31. The van der Waals surface area contributed by atoms with Crippen molar-refractivity contribution in [2.45, 2.75) is 26.3 Å². The number of aryl methyl sites for hydroxylation is 2. The average Bonchev–Trinajstić information content (AvgIpc) is 3.20. The zero-order valence-corrected chi connectivity index (χ0v) is 19.6. The van der Waals surface area contributed by atoms with Crippen molar-refractivity contribution < 1.29 is 9.53 Å². The molecule has 2 aromatic heterocycles. The van der Waals surface area contributed by atoms with Gasteiger partial charge in [-0.1, -0.05) is 30.3 Å². The van der Waals surface area contributed by atoms with Gasteiger partial charge in [0.1, 0.15) is 17.4 Å². The highest BCUT2D eigenvalue weighted by molar-refractivity contribution is 5.97. The molecule has 0 saturated heterocycles. The molecule has 7 heteroatoms. The molecule has 2 heterocycles. The first-order valence-electron chi connectivity index (χ1n) is 10.9. The molecule has 7 nitrogen and oxygen atoms in total. The van der Waals surface area contributed by atoms with Gasteiger partial charge in [-0.3, -0.25) is 4.79 Å². The molecule has 0 spiro atoms. The number of benzene rings is 2. The van der Waals surface area contributed by atoms with E-state index in [2.05, 4.69) is 21.4 Å². The third-order valence-corrected chi connectivity index (χ3v) is 5.72. The van der Waals surface area contributed by atoms with Gasteiger partial charge in [0.2, 0.25) is 0 Å². The highest BCUT2D eigenvalue weighted by Crippen LogP contribution is 2.28. The summed E-state index contributed by atoms with van der Waals surface area (Å²) in [6.45, 7) is 3.79. The molecule has 0 aliphatic carbocycles. The number of nitrogens with zero attached hydrogens (tertiary/aromatic N) is 3. The van der Waals surface area contributed by atoms with Crippen molar-refractivity contribution in [2.75, 3.05) is 26.1 Å². The fraction of sp³-hybridized carbons (Fsp3) is 0.269. The van der Waals surface area contributed by atoms with E-state index in [-0.39, 0.29) is 11.9 Å². The van der Waals surface area contributed by atoms with E-state index in [1.165, 1.54) is 0 Å². The summed E-state index contributed by atoms with van der Waals surface area (Å²) in [6, 6.07) is 15.3. The average molecular weight is 444 g/mol. The second-order valence-corrected chi connectivity index (χ2v) is 8.34. The molecule has 4 rings (SSSR count). The van der Waals surface area contributed by atoms with Crippen LogP contribution in [-0.2, 0) is 6.42 Å². The van der Waals surface area contributed by atoms with Gasteiger partial charge in [-0.2, -0.15) is 0 Å². The topological polar surface area (TPSA) is 83.1 Å². The predicted octanol–water partition coefficient (Wildman–Crippen LogP) is 4.36. The lowest BCUT2D eigenvalue weighted by Gasteiger charge is -2.21. The van der Waals surface area contributed by atoms with Crippen LogP contribution in [0.1, 0.15) is 39.0 Å². The Hall–Kier alpha value is -3.87. The first-order chi connectivity index (χ1) is 15.9. The summed E-state index contributed by atoms with van der Waals surface area (Å²) in [5, 5.41) is 4.33. The van der Waals surface area contributed by atoms with E-state index >= 15 is 0 Å². The van der Waals surface area contributed by atoms with Gasteiger partial charge in [-0.15, -0.1) is 0 Å². The third-order valence-electron chi connectivity index (χ3n) is 5.72. The largest absolute Gasteiger partial charge is 0.496 e. The van der Waals surface area contributed by atoms with Gasteiger partial charge in [0, 0.05) is 43.7 Å². The smallest absolute Gasteiger partial charge is 0.255 e. The second-order valence-electron chi connectivity index (χ2n) is 8.34. The molecule has 0 radical (unpaired) electrons. The lowest BCUT2D eigenvalue weighted by atomic mass is 10.0. The number of aromatic nitrogens is 3. The zero-order valence-electron chi connectivity index (χ0n) is 19.6. The van der Waals surface area contributed by atoms with Crippen molar-refractivity contribution in [3.63, 3.8) is 0 Å². The molecule has 1 atom stereocenters. The summed E-state index contributed by atoms with van der Waals surface area (Å²) in [5.74, 6) is 1.82. The second kappa shape index (κ2) is 9.32. The summed E-state index contributed by atoms with van der Waals surface area (Å²) in [5.41, 5.74) is 4.34. The molecular formula is C26H29N5O2. The first-order valence-corrected chi connectivity index (χ1v) is 10.9. The molecule has 2 aromatic carbocycles. The number of methoxy groups -OCH3 is 1.